The molecule has 1 N–H and O–H groups in total. The van der Waals surface area contributed by atoms with Crippen LogP contribution in [0.1, 0.15) is 37.3 Å². The maximum Gasteiger partial charge on any atom is 0.289 e. The van der Waals surface area contributed by atoms with Crippen LogP contribution in [0.2, 0.25) is 10.0 Å². The number of halogens is 3. The Bertz CT molecular complexity index is 1120. The lowest BCUT2D eigenvalue weighted by molar-refractivity contribution is -0.384. The number of hydrogen-bond acceptors (Lipinski definition) is 5. The fourth-order valence-corrected chi connectivity index (χ4v) is 6.58. The van der Waals surface area contributed by atoms with E-state index in [1.807, 2.05) is 6.07 Å². The third kappa shape index (κ3) is 3.74. The van der Waals surface area contributed by atoms with Gasteiger partial charge in [0.2, 0.25) is 10.0 Å². The summed E-state index contributed by atoms with van der Waals surface area (Å²) in [4.78, 5) is 9.93. The Kier molecular flexibility index (Phi) is 5.31. The topological polar surface area (TPSA) is 98.5 Å². The molecule has 11 heteroatoms. The average Bonchev–Trinajstić information content (AvgIpc) is 2.59. The zero-order valence-electron chi connectivity index (χ0n) is 14.8. The van der Waals surface area contributed by atoms with Gasteiger partial charge in [0.15, 0.2) is 0 Å². The van der Waals surface area contributed by atoms with E-state index in [1.165, 1.54) is 0 Å². The van der Waals surface area contributed by atoms with E-state index in [-0.39, 0.29) is 5.02 Å². The van der Waals surface area contributed by atoms with Gasteiger partial charge in [0, 0.05) is 22.5 Å². The van der Waals surface area contributed by atoms with Gasteiger partial charge in [-0.25, -0.2) is 13.1 Å². The van der Waals surface area contributed by atoms with Crippen LogP contribution in [-0.2, 0) is 10.0 Å². The van der Waals surface area contributed by atoms with Crippen LogP contribution in [-0.4, -0.2) is 18.9 Å². The first-order valence-electron chi connectivity index (χ1n) is 8.75. The predicted octanol–water partition coefficient (Wildman–Crippen LogP) is 5.39. The molecular formula is C18H15BrCl2N2O5S. The minimum atomic E-state index is -4.26. The molecule has 2 aromatic rings. The quantitative estimate of drug-likeness (QED) is 0.429. The summed E-state index contributed by atoms with van der Waals surface area (Å²) >= 11 is 15.5. The highest BCUT2D eigenvalue weighted by molar-refractivity contribution is 9.10. The van der Waals surface area contributed by atoms with Gasteiger partial charge in [0.05, 0.1) is 16.0 Å². The summed E-state index contributed by atoms with van der Waals surface area (Å²) < 4.78 is 35.9. The molecule has 7 nitrogen and oxygen atoms in total. The van der Waals surface area contributed by atoms with E-state index in [1.54, 1.807) is 12.1 Å². The maximum absolute atomic E-state index is 13.2. The van der Waals surface area contributed by atoms with Crippen molar-refractivity contribution in [1.29, 1.82) is 0 Å². The van der Waals surface area contributed by atoms with Crippen LogP contribution in [0, 0.1) is 10.1 Å². The van der Waals surface area contributed by atoms with Crippen LogP contribution >= 0.6 is 39.1 Å². The van der Waals surface area contributed by atoms with Gasteiger partial charge in [-0.2, -0.15) is 0 Å². The molecule has 0 bridgehead atoms. The van der Waals surface area contributed by atoms with Crippen molar-refractivity contribution in [1.82, 2.24) is 4.72 Å². The standard InChI is InChI=1S/C18H15BrCl2N2O5S/c19-10-2-5-15-11(8-10)13(9-18(28-15)6-1-7-18)22-29(26,27)17-12(20)3-4-14(16(17)21)23(24)25/h2-5,8,13,22H,1,6-7,9H2. The van der Waals surface area contributed by atoms with Crippen molar-refractivity contribution in [2.75, 3.05) is 0 Å². The Labute approximate surface area is 185 Å². The van der Waals surface area contributed by atoms with Crippen LogP contribution < -0.4 is 9.46 Å². The lowest BCUT2D eigenvalue weighted by atomic mass is 9.73. The molecule has 2 aromatic carbocycles. The van der Waals surface area contributed by atoms with Gasteiger partial charge in [0.1, 0.15) is 21.3 Å². The third-order valence-electron chi connectivity index (χ3n) is 5.31. The van der Waals surface area contributed by atoms with Gasteiger partial charge in [-0.3, -0.25) is 10.1 Å². The molecule has 1 aliphatic heterocycles. The highest BCUT2D eigenvalue weighted by Crippen LogP contribution is 2.50. The SMILES string of the molecule is O=[N+]([O-])c1ccc(Cl)c(S(=O)(=O)NC2CC3(CCC3)Oc3ccc(Br)cc32)c1Cl. The van der Waals surface area contributed by atoms with Crippen molar-refractivity contribution in [3.8, 4) is 5.75 Å². The third-order valence-corrected chi connectivity index (χ3v) is 8.28. The molecule has 154 valence electrons. The van der Waals surface area contributed by atoms with Crippen molar-refractivity contribution in [3.05, 3.63) is 60.5 Å². The highest BCUT2D eigenvalue weighted by Gasteiger charge is 2.47. The smallest absolute Gasteiger partial charge is 0.289 e. The summed E-state index contributed by atoms with van der Waals surface area (Å²) in [5.74, 6) is 0.614. The van der Waals surface area contributed by atoms with Gasteiger partial charge in [-0.15, -0.1) is 0 Å². The Morgan fingerprint density at radius 3 is 2.59 bits per heavy atom. The minimum absolute atomic E-state index is 0.187. The van der Waals surface area contributed by atoms with Gasteiger partial charge in [-0.1, -0.05) is 39.1 Å². The van der Waals surface area contributed by atoms with Crippen LogP contribution in [0.25, 0.3) is 0 Å². The number of nitro groups is 1. The van der Waals surface area contributed by atoms with E-state index in [0.717, 1.165) is 35.9 Å². The fourth-order valence-electron chi connectivity index (χ4n) is 3.78. The molecule has 4 rings (SSSR count). The molecule has 1 fully saturated rings. The molecule has 0 saturated heterocycles. The molecule has 2 aliphatic rings. The second-order valence-corrected chi connectivity index (χ2v) is 10.5. The minimum Gasteiger partial charge on any atom is -0.487 e. The lowest BCUT2D eigenvalue weighted by Crippen LogP contribution is -2.49. The zero-order valence-corrected chi connectivity index (χ0v) is 18.7. The summed E-state index contributed by atoms with van der Waals surface area (Å²) in [5.41, 5.74) is -0.259. The van der Waals surface area contributed by atoms with Crippen molar-refractivity contribution in [2.45, 2.75) is 42.2 Å². The number of sulfonamides is 1. The molecule has 1 spiro atoms. The van der Waals surface area contributed by atoms with Crippen molar-refractivity contribution in [3.63, 3.8) is 0 Å². The van der Waals surface area contributed by atoms with Gasteiger partial charge in [-0.05, 0) is 43.5 Å². The normalized spacial score (nSPS) is 19.9. The Hall–Kier alpha value is -1.39. The van der Waals surface area contributed by atoms with E-state index in [4.69, 9.17) is 27.9 Å². The van der Waals surface area contributed by atoms with Gasteiger partial charge >= 0.3 is 0 Å². The Morgan fingerprint density at radius 2 is 1.97 bits per heavy atom. The number of fused-ring (bicyclic) bond motifs is 1. The number of ether oxygens (including phenoxy) is 1. The Morgan fingerprint density at radius 1 is 1.24 bits per heavy atom. The van der Waals surface area contributed by atoms with Gasteiger partial charge in [0.25, 0.3) is 5.69 Å². The van der Waals surface area contributed by atoms with Crippen molar-refractivity contribution >= 4 is 54.8 Å². The molecule has 29 heavy (non-hydrogen) atoms. The van der Waals surface area contributed by atoms with E-state index < -0.39 is 42.2 Å². The van der Waals surface area contributed by atoms with E-state index >= 15 is 0 Å². The number of rotatable bonds is 4. The summed E-state index contributed by atoms with van der Waals surface area (Å²) in [7, 11) is -4.26. The second kappa shape index (κ2) is 7.39. The summed E-state index contributed by atoms with van der Waals surface area (Å²) in [6.45, 7) is 0. The summed E-state index contributed by atoms with van der Waals surface area (Å²) in [5, 5.41) is 10.5. The van der Waals surface area contributed by atoms with E-state index in [0.29, 0.717) is 17.7 Å². The zero-order chi connectivity index (χ0) is 21.0. The van der Waals surface area contributed by atoms with Crippen molar-refractivity contribution in [2.24, 2.45) is 0 Å². The number of nitrogens with zero attached hydrogens (tertiary/aromatic N) is 1. The monoisotopic (exact) mass is 520 g/mol. The van der Waals surface area contributed by atoms with Crippen LogP contribution in [0.4, 0.5) is 5.69 Å². The molecule has 1 atom stereocenters. The Balaban J connectivity index is 1.76. The van der Waals surface area contributed by atoms with E-state index in [9.17, 15) is 18.5 Å². The predicted molar refractivity (Wildman–Crippen MR) is 112 cm³/mol. The number of hydrogen-bond donors (Lipinski definition) is 1. The number of nitro benzene ring substituents is 1. The molecule has 0 aromatic heterocycles. The molecule has 0 amide bonds. The summed E-state index contributed by atoms with van der Waals surface area (Å²) in [6, 6.07) is 7.07. The number of benzene rings is 2. The van der Waals surface area contributed by atoms with Crippen LogP contribution in [0.3, 0.4) is 0 Å². The molecule has 1 aliphatic carbocycles. The fraction of sp³-hybridized carbons (Fsp3) is 0.333. The maximum atomic E-state index is 13.2. The van der Waals surface area contributed by atoms with Crippen LogP contribution in [0.5, 0.6) is 5.75 Å². The van der Waals surface area contributed by atoms with Crippen LogP contribution in [0.15, 0.2) is 39.7 Å². The molecule has 1 heterocycles. The molecular weight excluding hydrogens is 507 g/mol. The second-order valence-electron chi connectivity index (χ2n) is 7.17. The molecule has 0 radical (unpaired) electrons. The average molecular weight is 522 g/mol. The molecule has 1 saturated carbocycles. The number of nitrogens with one attached hydrogen (secondary N) is 1. The first kappa shape index (κ1) is 20.9. The van der Waals surface area contributed by atoms with Gasteiger partial charge < -0.3 is 4.74 Å². The first-order valence-corrected chi connectivity index (χ1v) is 11.8. The van der Waals surface area contributed by atoms with E-state index in [2.05, 4.69) is 20.7 Å². The lowest BCUT2D eigenvalue weighted by Gasteiger charge is -2.48. The van der Waals surface area contributed by atoms with Crippen molar-refractivity contribution < 1.29 is 18.1 Å². The molecule has 1 unspecified atom stereocenters. The highest BCUT2D eigenvalue weighted by atomic mass is 79.9. The first-order chi connectivity index (χ1) is 13.6. The summed E-state index contributed by atoms with van der Waals surface area (Å²) in [6.07, 6.45) is 3.12. The largest absolute Gasteiger partial charge is 0.487 e.